The molecular formula is C20H22N2O5. The number of nitrogens with one attached hydrogen (secondary N) is 1. The van der Waals surface area contributed by atoms with Crippen molar-refractivity contribution in [1.29, 1.82) is 0 Å². The summed E-state index contributed by atoms with van der Waals surface area (Å²) in [6.07, 6.45) is 0.0394. The number of ether oxygens (including phenoxy) is 1. The number of carboxylic acid groups (broad SMARTS) is 1. The van der Waals surface area contributed by atoms with Crippen LogP contribution in [0.3, 0.4) is 0 Å². The number of aliphatic carboxylic acids is 1. The number of rotatable bonds is 6. The van der Waals surface area contributed by atoms with Gasteiger partial charge in [-0.2, -0.15) is 0 Å². The summed E-state index contributed by atoms with van der Waals surface area (Å²) in [4.78, 5) is 38.3. The summed E-state index contributed by atoms with van der Waals surface area (Å²) < 4.78 is 4.92. The van der Waals surface area contributed by atoms with Crippen molar-refractivity contribution >= 4 is 34.2 Å². The zero-order chi connectivity index (χ0) is 19.6. The lowest BCUT2D eigenvalue weighted by atomic mass is 10.0. The molecule has 1 fully saturated rings. The number of benzene rings is 2. The molecule has 2 aromatic carbocycles. The number of carboxylic acids is 1. The van der Waals surface area contributed by atoms with Crippen molar-refractivity contribution in [1.82, 2.24) is 5.32 Å². The second-order valence-electron chi connectivity index (χ2n) is 6.96. The van der Waals surface area contributed by atoms with Crippen LogP contribution in [0.4, 0.5) is 5.69 Å². The summed E-state index contributed by atoms with van der Waals surface area (Å²) in [6, 6.07) is 13.4. The normalized spacial score (nSPS) is 19.1. The molecule has 27 heavy (non-hydrogen) atoms. The Bertz CT molecular complexity index is 892. The van der Waals surface area contributed by atoms with Crippen molar-refractivity contribution in [2.45, 2.75) is 18.9 Å². The molecule has 0 bridgehead atoms. The van der Waals surface area contributed by atoms with Crippen LogP contribution in [0.2, 0.25) is 0 Å². The van der Waals surface area contributed by atoms with Gasteiger partial charge in [0, 0.05) is 25.5 Å². The smallest absolute Gasteiger partial charge is 0.331 e. The van der Waals surface area contributed by atoms with E-state index >= 15 is 0 Å². The predicted molar refractivity (Wildman–Crippen MR) is 100 cm³/mol. The first-order chi connectivity index (χ1) is 12.9. The number of methoxy groups -OCH3 is 1. The first kappa shape index (κ1) is 18.8. The van der Waals surface area contributed by atoms with Gasteiger partial charge in [-0.15, -0.1) is 0 Å². The highest BCUT2D eigenvalue weighted by Crippen LogP contribution is 2.31. The van der Waals surface area contributed by atoms with Crippen LogP contribution in [0.1, 0.15) is 13.3 Å². The van der Waals surface area contributed by atoms with Gasteiger partial charge in [0.05, 0.1) is 18.2 Å². The Balaban J connectivity index is 1.81. The number of anilines is 1. The third-order valence-electron chi connectivity index (χ3n) is 4.86. The fourth-order valence-corrected chi connectivity index (χ4v) is 3.37. The van der Waals surface area contributed by atoms with Gasteiger partial charge >= 0.3 is 5.97 Å². The average Bonchev–Trinajstić information content (AvgIpc) is 3.03. The standard InChI is InChI=1S/C20H22N2O5/c1-20(12-27-2,19(25)26)21-18(24)14-10-17(23)22(11-14)16-9-5-7-13-6-3-4-8-15(13)16/h3-9,14H,10-12H2,1-2H3,(H,21,24)(H,25,26). The first-order valence-electron chi connectivity index (χ1n) is 8.68. The maximum absolute atomic E-state index is 12.6. The molecule has 1 aliphatic rings. The van der Waals surface area contributed by atoms with E-state index in [-0.39, 0.29) is 25.5 Å². The van der Waals surface area contributed by atoms with Crippen LogP contribution >= 0.6 is 0 Å². The maximum atomic E-state index is 12.6. The fraction of sp³-hybridized carbons (Fsp3) is 0.350. The lowest BCUT2D eigenvalue weighted by Gasteiger charge is -2.26. The Kier molecular flexibility index (Phi) is 5.14. The lowest BCUT2D eigenvalue weighted by Crippen LogP contribution is -2.56. The van der Waals surface area contributed by atoms with Crippen LogP contribution in [-0.4, -0.2) is 48.7 Å². The van der Waals surface area contributed by atoms with Gasteiger partial charge in [0.1, 0.15) is 0 Å². The van der Waals surface area contributed by atoms with Crippen molar-refractivity contribution < 1.29 is 24.2 Å². The van der Waals surface area contributed by atoms with Crippen molar-refractivity contribution in [3.05, 3.63) is 42.5 Å². The lowest BCUT2D eigenvalue weighted by molar-refractivity contribution is -0.149. The van der Waals surface area contributed by atoms with E-state index in [1.807, 2.05) is 42.5 Å². The summed E-state index contributed by atoms with van der Waals surface area (Å²) in [5.41, 5.74) is -0.784. The van der Waals surface area contributed by atoms with Crippen LogP contribution in [0.15, 0.2) is 42.5 Å². The molecule has 2 amide bonds. The molecule has 2 aromatic rings. The number of carbonyl (C=O) groups is 3. The number of hydrogen-bond donors (Lipinski definition) is 2. The molecule has 0 aromatic heterocycles. The van der Waals surface area contributed by atoms with E-state index in [0.29, 0.717) is 0 Å². The summed E-state index contributed by atoms with van der Waals surface area (Å²) in [5.74, 6) is -2.43. The molecule has 0 spiro atoms. The van der Waals surface area contributed by atoms with Crippen LogP contribution < -0.4 is 10.2 Å². The Morgan fingerprint density at radius 1 is 1.26 bits per heavy atom. The number of hydrogen-bond acceptors (Lipinski definition) is 4. The summed E-state index contributed by atoms with van der Waals surface area (Å²) >= 11 is 0. The Morgan fingerprint density at radius 3 is 2.67 bits per heavy atom. The molecule has 2 atom stereocenters. The number of fused-ring (bicyclic) bond motifs is 1. The highest BCUT2D eigenvalue weighted by molar-refractivity contribution is 6.07. The fourth-order valence-electron chi connectivity index (χ4n) is 3.37. The Morgan fingerprint density at radius 2 is 1.96 bits per heavy atom. The topological polar surface area (TPSA) is 95.9 Å². The number of amides is 2. The van der Waals surface area contributed by atoms with Gasteiger partial charge in [0.2, 0.25) is 11.8 Å². The van der Waals surface area contributed by atoms with Crippen molar-refractivity contribution in [3.8, 4) is 0 Å². The van der Waals surface area contributed by atoms with Gasteiger partial charge in [0.25, 0.3) is 0 Å². The van der Waals surface area contributed by atoms with E-state index in [2.05, 4.69) is 5.32 Å². The molecule has 7 nitrogen and oxygen atoms in total. The van der Waals surface area contributed by atoms with E-state index in [1.165, 1.54) is 14.0 Å². The SMILES string of the molecule is COCC(C)(NC(=O)C1CC(=O)N(c2cccc3ccccc23)C1)C(=O)O. The van der Waals surface area contributed by atoms with Gasteiger partial charge in [-0.1, -0.05) is 36.4 Å². The zero-order valence-electron chi connectivity index (χ0n) is 15.3. The van der Waals surface area contributed by atoms with Crippen LogP contribution in [-0.2, 0) is 19.1 Å². The Labute approximate surface area is 156 Å². The van der Waals surface area contributed by atoms with Crippen molar-refractivity contribution in [3.63, 3.8) is 0 Å². The average molecular weight is 370 g/mol. The molecule has 1 saturated heterocycles. The molecule has 1 aliphatic heterocycles. The molecule has 0 saturated carbocycles. The third kappa shape index (κ3) is 3.64. The van der Waals surface area contributed by atoms with Gasteiger partial charge < -0.3 is 20.1 Å². The zero-order valence-corrected chi connectivity index (χ0v) is 15.3. The second kappa shape index (κ2) is 7.36. The molecule has 142 valence electrons. The molecule has 2 N–H and O–H groups in total. The first-order valence-corrected chi connectivity index (χ1v) is 8.68. The third-order valence-corrected chi connectivity index (χ3v) is 4.86. The largest absolute Gasteiger partial charge is 0.479 e. The second-order valence-corrected chi connectivity index (χ2v) is 6.96. The Hall–Kier alpha value is -2.93. The minimum absolute atomic E-state index is 0.0394. The van der Waals surface area contributed by atoms with Gasteiger partial charge in [-0.3, -0.25) is 9.59 Å². The molecule has 0 aliphatic carbocycles. The minimum Gasteiger partial charge on any atom is -0.479 e. The molecule has 1 heterocycles. The highest BCUT2D eigenvalue weighted by atomic mass is 16.5. The van der Waals surface area contributed by atoms with Crippen LogP contribution in [0, 0.1) is 5.92 Å². The maximum Gasteiger partial charge on any atom is 0.331 e. The number of carbonyl (C=O) groups excluding carboxylic acids is 2. The minimum atomic E-state index is -1.54. The summed E-state index contributed by atoms with van der Waals surface area (Å²) in [7, 11) is 1.37. The quantitative estimate of drug-likeness (QED) is 0.808. The predicted octanol–water partition coefficient (Wildman–Crippen LogP) is 1.80. The van der Waals surface area contributed by atoms with E-state index in [1.54, 1.807) is 4.90 Å². The summed E-state index contributed by atoms with van der Waals surface area (Å²) in [5, 5.41) is 13.8. The molecular weight excluding hydrogens is 348 g/mol. The van der Waals surface area contributed by atoms with Crippen molar-refractivity contribution in [2.75, 3.05) is 25.2 Å². The monoisotopic (exact) mass is 370 g/mol. The molecule has 7 heteroatoms. The van der Waals surface area contributed by atoms with E-state index in [4.69, 9.17) is 4.74 Å². The van der Waals surface area contributed by atoms with Gasteiger partial charge in [-0.25, -0.2) is 4.79 Å². The number of nitrogens with zero attached hydrogens (tertiary/aromatic N) is 1. The van der Waals surface area contributed by atoms with Crippen LogP contribution in [0.25, 0.3) is 10.8 Å². The van der Waals surface area contributed by atoms with Gasteiger partial charge in [0.15, 0.2) is 5.54 Å². The highest BCUT2D eigenvalue weighted by Gasteiger charge is 2.41. The van der Waals surface area contributed by atoms with E-state index in [0.717, 1.165) is 16.5 Å². The van der Waals surface area contributed by atoms with Gasteiger partial charge in [-0.05, 0) is 18.4 Å². The van der Waals surface area contributed by atoms with Crippen molar-refractivity contribution in [2.24, 2.45) is 5.92 Å². The molecule has 2 unspecified atom stereocenters. The summed E-state index contributed by atoms with van der Waals surface area (Å²) in [6.45, 7) is 1.43. The van der Waals surface area contributed by atoms with Crippen LogP contribution in [0.5, 0.6) is 0 Å². The molecule has 3 rings (SSSR count). The van der Waals surface area contributed by atoms with E-state index in [9.17, 15) is 19.5 Å². The van der Waals surface area contributed by atoms with E-state index < -0.39 is 23.3 Å². The molecule has 0 radical (unpaired) electrons.